The minimum atomic E-state index is -4.08. The van der Waals surface area contributed by atoms with Gasteiger partial charge >= 0.3 is 5.97 Å². The average Bonchev–Trinajstić information content (AvgIpc) is 2.74. The van der Waals surface area contributed by atoms with Crippen molar-refractivity contribution >= 4 is 39.2 Å². The van der Waals surface area contributed by atoms with Crippen LogP contribution in [0.15, 0.2) is 23.1 Å². The molecule has 2 rings (SSSR count). The van der Waals surface area contributed by atoms with Gasteiger partial charge in [0.1, 0.15) is 5.54 Å². The maximum Gasteiger partial charge on any atom is 0.327 e. The quantitative estimate of drug-likeness (QED) is 0.821. The van der Waals surface area contributed by atoms with Gasteiger partial charge in [0.2, 0.25) is 10.0 Å². The van der Waals surface area contributed by atoms with Gasteiger partial charge in [-0.3, -0.25) is 4.79 Å². The van der Waals surface area contributed by atoms with E-state index >= 15 is 0 Å². The first-order valence-electron chi connectivity index (χ1n) is 6.36. The number of methoxy groups -OCH3 is 1. The van der Waals surface area contributed by atoms with Crippen LogP contribution in [-0.2, 0) is 19.6 Å². The van der Waals surface area contributed by atoms with Crippen molar-refractivity contribution in [3.63, 3.8) is 0 Å². The number of hydrogen-bond acceptors (Lipinski definition) is 5. The van der Waals surface area contributed by atoms with Crippen molar-refractivity contribution in [3.05, 3.63) is 28.2 Å². The number of benzene rings is 1. The van der Waals surface area contributed by atoms with Crippen molar-refractivity contribution in [3.8, 4) is 0 Å². The van der Waals surface area contributed by atoms with E-state index < -0.39 is 27.6 Å². The van der Waals surface area contributed by atoms with E-state index in [0.29, 0.717) is 0 Å². The van der Waals surface area contributed by atoms with Crippen LogP contribution in [0, 0.1) is 0 Å². The first kappa shape index (κ1) is 17.5. The molecule has 0 saturated carbocycles. The number of esters is 1. The first-order chi connectivity index (χ1) is 10.1. The lowest BCUT2D eigenvalue weighted by Crippen LogP contribution is -2.51. The highest BCUT2D eigenvalue weighted by Crippen LogP contribution is 2.36. The van der Waals surface area contributed by atoms with E-state index in [1.54, 1.807) is 0 Å². The van der Waals surface area contributed by atoms with Gasteiger partial charge in [-0.25, -0.2) is 8.42 Å². The van der Waals surface area contributed by atoms with Gasteiger partial charge in [-0.15, -0.1) is 0 Å². The van der Waals surface area contributed by atoms with Crippen LogP contribution >= 0.6 is 23.2 Å². The summed E-state index contributed by atoms with van der Waals surface area (Å²) in [6.45, 7) is 1.21. The number of rotatable bonds is 3. The second kappa shape index (κ2) is 5.98. The van der Waals surface area contributed by atoms with Crippen LogP contribution in [0.1, 0.15) is 13.3 Å². The van der Waals surface area contributed by atoms with Crippen LogP contribution in [0.2, 0.25) is 10.0 Å². The zero-order chi connectivity index (χ0) is 16.7. The van der Waals surface area contributed by atoms with E-state index in [1.165, 1.54) is 32.2 Å². The summed E-state index contributed by atoms with van der Waals surface area (Å²) < 4.78 is 31.2. The number of halogens is 2. The normalized spacial score (nSPS) is 26.1. The molecule has 1 saturated heterocycles. The highest BCUT2D eigenvalue weighted by atomic mass is 35.5. The Balaban J connectivity index is 2.54. The standard InChI is InChI=1S/C13H15Cl2NO5S/c1-13(12(18)21-2)6-10(17)7-16(13)22(19,20)11-4-8(14)3-9(15)5-11/h3-5,10,17H,6-7H2,1-2H3/t10?,13-/m0/s1. The van der Waals surface area contributed by atoms with E-state index in [0.717, 1.165) is 4.31 Å². The van der Waals surface area contributed by atoms with Crippen molar-refractivity contribution in [1.82, 2.24) is 4.31 Å². The fourth-order valence-electron chi connectivity index (χ4n) is 2.59. The Bertz CT molecular complexity index is 688. The number of carbonyl (C=O) groups is 1. The molecule has 1 aromatic rings. The summed E-state index contributed by atoms with van der Waals surface area (Å²) in [5.41, 5.74) is -1.48. The van der Waals surface area contributed by atoms with Crippen LogP contribution < -0.4 is 0 Å². The van der Waals surface area contributed by atoms with Gasteiger partial charge in [0.25, 0.3) is 0 Å². The molecule has 1 heterocycles. The topological polar surface area (TPSA) is 83.9 Å². The SMILES string of the molecule is COC(=O)[C@]1(C)CC(O)CN1S(=O)(=O)c1cc(Cl)cc(Cl)c1. The Labute approximate surface area is 138 Å². The summed E-state index contributed by atoms with van der Waals surface area (Å²) in [6.07, 6.45) is -1.01. The number of carbonyl (C=O) groups excluding carboxylic acids is 1. The second-order valence-corrected chi connectivity index (χ2v) is 8.00. The summed E-state index contributed by atoms with van der Waals surface area (Å²) in [5, 5.41) is 10.1. The molecule has 1 N–H and O–H groups in total. The number of hydrogen-bond donors (Lipinski definition) is 1. The van der Waals surface area contributed by atoms with E-state index in [-0.39, 0.29) is 27.9 Å². The molecule has 1 aliphatic heterocycles. The molecule has 0 spiro atoms. The second-order valence-electron chi connectivity index (χ2n) is 5.26. The highest BCUT2D eigenvalue weighted by molar-refractivity contribution is 7.89. The molecule has 22 heavy (non-hydrogen) atoms. The number of ether oxygens (including phenoxy) is 1. The van der Waals surface area contributed by atoms with E-state index in [1.807, 2.05) is 0 Å². The fourth-order valence-corrected chi connectivity index (χ4v) is 5.10. The number of nitrogens with zero attached hydrogens (tertiary/aromatic N) is 1. The monoisotopic (exact) mass is 367 g/mol. The van der Waals surface area contributed by atoms with Crippen molar-refractivity contribution in [1.29, 1.82) is 0 Å². The first-order valence-corrected chi connectivity index (χ1v) is 8.56. The number of aliphatic hydroxyl groups excluding tert-OH is 1. The Morgan fingerprint density at radius 3 is 2.41 bits per heavy atom. The Morgan fingerprint density at radius 2 is 1.91 bits per heavy atom. The van der Waals surface area contributed by atoms with E-state index in [4.69, 9.17) is 23.2 Å². The number of β-amino-alcohol motifs (C(OH)–C–C–N with tert-alkyl or cyclic N) is 1. The lowest BCUT2D eigenvalue weighted by atomic mass is 10.00. The molecule has 9 heteroatoms. The maximum atomic E-state index is 12.8. The third-order valence-electron chi connectivity index (χ3n) is 3.61. The summed E-state index contributed by atoms with van der Waals surface area (Å²) >= 11 is 11.7. The predicted molar refractivity (Wildman–Crippen MR) is 81.4 cm³/mol. The molecule has 1 fully saturated rings. The van der Waals surface area contributed by atoms with Crippen molar-refractivity contribution in [2.45, 2.75) is 29.9 Å². The van der Waals surface area contributed by atoms with Crippen LogP contribution in [0.5, 0.6) is 0 Å². The summed E-state index contributed by atoms with van der Waals surface area (Å²) in [4.78, 5) is 11.9. The molecule has 0 aromatic heterocycles. The number of aliphatic hydroxyl groups is 1. The van der Waals surface area contributed by atoms with Gasteiger partial charge in [-0.1, -0.05) is 23.2 Å². The number of sulfonamides is 1. The van der Waals surface area contributed by atoms with Gasteiger partial charge < -0.3 is 9.84 Å². The van der Waals surface area contributed by atoms with Crippen LogP contribution in [0.3, 0.4) is 0 Å². The van der Waals surface area contributed by atoms with E-state index in [9.17, 15) is 18.3 Å². The van der Waals surface area contributed by atoms with E-state index in [2.05, 4.69) is 4.74 Å². The van der Waals surface area contributed by atoms with Crippen LogP contribution in [-0.4, -0.2) is 49.1 Å². The van der Waals surface area contributed by atoms with Crippen molar-refractivity contribution in [2.75, 3.05) is 13.7 Å². The molecule has 122 valence electrons. The van der Waals surface area contributed by atoms with Crippen LogP contribution in [0.4, 0.5) is 0 Å². The lowest BCUT2D eigenvalue weighted by Gasteiger charge is -2.31. The molecular weight excluding hydrogens is 353 g/mol. The molecule has 0 bridgehead atoms. The molecule has 0 radical (unpaired) electrons. The molecule has 2 atom stereocenters. The molecule has 1 aromatic carbocycles. The third-order valence-corrected chi connectivity index (χ3v) is 6.01. The molecule has 6 nitrogen and oxygen atoms in total. The zero-order valence-electron chi connectivity index (χ0n) is 11.9. The summed E-state index contributed by atoms with van der Waals surface area (Å²) in [5.74, 6) is -0.735. The highest BCUT2D eigenvalue weighted by Gasteiger charge is 2.53. The Kier molecular flexibility index (Phi) is 4.75. The smallest absolute Gasteiger partial charge is 0.327 e. The van der Waals surface area contributed by atoms with Crippen molar-refractivity contribution in [2.24, 2.45) is 0 Å². The minimum absolute atomic E-state index is 0.0484. The molecule has 1 unspecified atom stereocenters. The minimum Gasteiger partial charge on any atom is -0.468 e. The van der Waals surface area contributed by atoms with Crippen molar-refractivity contribution < 1.29 is 23.1 Å². The molecule has 0 amide bonds. The van der Waals surface area contributed by atoms with Gasteiger partial charge in [-0.2, -0.15) is 4.31 Å². The Morgan fingerprint density at radius 1 is 1.36 bits per heavy atom. The molecule has 1 aliphatic rings. The maximum absolute atomic E-state index is 12.8. The fraction of sp³-hybridized carbons (Fsp3) is 0.462. The van der Waals surface area contributed by atoms with Gasteiger partial charge in [0.05, 0.1) is 18.1 Å². The van der Waals surface area contributed by atoms with Gasteiger partial charge in [-0.05, 0) is 25.1 Å². The average molecular weight is 368 g/mol. The largest absolute Gasteiger partial charge is 0.468 e. The summed E-state index contributed by atoms with van der Waals surface area (Å²) in [6, 6.07) is 3.89. The molecule has 0 aliphatic carbocycles. The lowest BCUT2D eigenvalue weighted by molar-refractivity contribution is -0.150. The Hall–Kier alpha value is -0.860. The van der Waals surface area contributed by atoms with Gasteiger partial charge in [0, 0.05) is 23.0 Å². The zero-order valence-corrected chi connectivity index (χ0v) is 14.2. The summed E-state index contributed by atoms with van der Waals surface area (Å²) in [7, 11) is -2.91. The van der Waals surface area contributed by atoms with Crippen LogP contribution in [0.25, 0.3) is 0 Å². The van der Waals surface area contributed by atoms with Gasteiger partial charge in [0.15, 0.2) is 0 Å². The third kappa shape index (κ3) is 2.96. The molecular formula is C13H15Cl2NO5S. The predicted octanol–water partition coefficient (Wildman–Crippen LogP) is 1.68.